The average Bonchev–Trinajstić information content (AvgIpc) is 2.74. The number of rotatable bonds is 6. The van der Waals surface area contributed by atoms with Crippen LogP contribution in [0.5, 0.6) is 0 Å². The van der Waals surface area contributed by atoms with Gasteiger partial charge in [-0.2, -0.15) is 0 Å². The minimum absolute atomic E-state index is 0.316. The predicted molar refractivity (Wildman–Crippen MR) is 76.9 cm³/mol. The van der Waals surface area contributed by atoms with E-state index in [2.05, 4.69) is 19.2 Å². The Morgan fingerprint density at radius 2 is 2.00 bits per heavy atom. The molecule has 1 saturated carbocycles. The number of hydrogen-bond donors (Lipinski definition) is 1. The largest absolute Gasteiger partial charge is 0.372 e. The van der Waals surface area contributed by atoms with Crippen LogP contribution in [0.2, 0.25) is 0 Å². The standard InChI is InChI=1S/C16H31NO/c1-3-17-14(2)8-7-9-15-10-13-16(18-15)11-5-4-6-12-16/h14-15,17H,3-13H2,1-2H3. The lowest BCUT2D eigenvalue weighted by molar-refractivity contribution is -0.0661. The third kappa shape index (κ3) is 3.96. The van der Waals surface area contributed by atoms with Crippen LogP contribution in [-0.2, 0) is 4.74 Å². The van der Waals surface area contributed by atoms with Gasteiger partial charge in [0, 0.05) is 6.04 Å². The summed E-state index contributed by atoms with van der Waals surface area (Å²) in [4.78, 5) is 0. The van der Waals surface area contributed by atoms with E-state index in [0.717, 1.165) is 6.54 Å². The molecule has 2 atom stereocenters. The quantitative estimate of drug-likeness (QED) is 0.771. The first-order chi connectivity index (χ1) is 8.74. The van der Waals surface area contributed by atoms with Gasteiger partial charge < -0.3 is 10.1 Å². The molecule has 0 aromatic rings. The molecule has 1 aliphatic heterocycles. The Kier molecular flexibility index (Phi) is 5.50. The fourth-order valence-electron chi connectivity index (χ4n) is 3.76. The van der Waals surface area contributed by atoms with E-state index in [1.165, 1.54) is 64.2 Å². The highest BCUT2D eigenvalue weighted by Gasteiger charge is 2.40. The molecule has 18 heavy (non-hydrogen) atoms. The normalized spacial score (nSPS) is 28.7. The summed E-state index contributed by atoms with van der Waals surface area (Å²) in [6.07, 6.45) is 14.0. The number of nitrogens with one attached hydrogen (secondary N) is 1. The van der Waals surface area contributed by atoms with Gasteiger partial charge in [-0.15, -0.1) is 0 Å². The van der Waals surface area contributed by atoms with Crippen molar-refractivity contribution in [3.8, 4) is 0 Å². The van der Waals surface area contributed by atoms with Gasteiger partial charge in [-0.1, -0.05) is 26.2 Å². The second-order valence-electron chi connectivity index (χ2n) is 6.41. The van der Waals surface area contributed by atoms with Gasteiger partial charge >= 0.3 is 0 Å². The molecule has 2 rings (SSSR count). The lowest BCUT2D eigenvalue weighted by Gasteiger charge is -2.33. The van der Waals surface area contributed by atoms with E-state index in [0.29, 0.717) is 17.7 Å². The molecule has 1 N–H and O–H groups in total. The molecule has 0 aromatic heterocycles. The molecule has 1 spiro atoms. The van der Waals surface area contributed by atoms with Gasteiger partial charge in [-0.3, -0.25) is 0 Å². The molecule has 2 heteroatoms. The molecule has 2 nitrogen and oxygen atoms in total. The number of ether oxygens (including phenoxy) is 1. The molecule has 1 heterocycles. The maximum absolute atomic E-state index is 6.41. The van der Waals surface area contributed by atoms with Crippen LogP contribution in [0.3, 0.4) is 0 Å². The summed E-state index contributed by atoms with van der Waals surface area (Å²) in [5.41, 5.74) is 0.316. The molecule has 0 aromatic carbocycles. The SMILES string of the molecule is CCNC(C)CCCC1CCC2(CCCCC2)O1. The van der Waals surface area contributed by atoms with Crippen LogP contribution in [0.25, 0.3) is 0 Å². The lowest BCUT2D eigenvalue weighted by Crippen LogP contribution is -2.31. The fourth-order valence-corrected chi connectivity index (χ4v) is 3.76. The molecule has 106 valence electrons. The first-order valence-corrected chi connectivity index (χ1v) is 8.15. The smallest absolute Gasteiger partial charge is 0.0687 e. The first kappa shape index (κ1) is 14.3. The first-order valence-electron chi connectivity index (χ1n) is 8.15. The fraction of sp³-hybridized carbons (Fsp3) is 1.00. The van der Waals surface area contributed by atoms with Gasteiger partial charge in [-0.25, -0.2) is 0 Å². The minimum atomic E-state index is 0.316. The monoisotopic (exact) mass is 253 g/mol. The van der Waals surface area contributed by atoms with Crippen LogP contribution in [0.4, 0.5) is 0 Å². The third-order valence-electron chi connectivity index (χ3n) is 4.82. The van der Waals surface area contributed by atoms with E-state index in [-0.39, 0.29) is 0 Å². The second kappa shape index (κ2) is 6.91. The van der Waals surface area contributed by atoms with E-state index in [1.54, 1.807) is 0 Å². The van der Waals surface area contributed by atoms with Gasteiger partial charge in [0.25, 0.3) is 0 Å². The van der Waals surface area contributed by atoms with E-state index in [9.17, 15) is 0 Å². The van der Waals surface area contributed by atoms with Gasteiger partial charge in [0.05, 0.1) is 11.7 Å². The van der Waals surface area contributed by atoms with Crippen molar-refractivity contribution in [1.82, 2.24) is 5.32 Å². The molecule has 1 aliphatic carbocycles. The van der Waals surface area contributed by atoms with Crippen LogP contribution in [0.15, 0.2) is 0 Å². The van der Waals surface area contributed by atoms with Gasteiger partial charge in [0.1, 0.15) is 0 Å². The Morgan fingerprint density at radius 3 is 2.72 bits per heavy atom. The van der Waals surface area contributed by atoms with Crippen molar-refractivity contribution in [2.75, 3.05) is 6.54 Å². The highest BCUT2D eigenvalue weighted by atomic mass is 16.5. The summed E-state index contributed by atoms with van der Waals surface area (Å²) < 4.78 is 6.41. The van der Waals surface area contributed by atoms with E-state index >= 15 is 0 Å². The Hall–Kier alpha value is -0.0800. The van der Waals surface area contributed by atoms with Crippen molar-refractivity contribution in [3.05, 3.63) is 0 Å². The molecular formula is C16H31NO. The van der Waals surface area contributed by atoms with Crippen LogP contribution < -0.4 is 5.32 Å². The van der Waals surface area contributed by atoms with Crippen molar-refractivity contribution in [3.63, 3.8) is 0 Å². The van der Waals surface area contributed by atoms with Gasteiger partial charge in [-0.05, 0) is 58.4 Å². The molecular weight excluding hydrogens is 222 g/mol. The number of hydrogen-bond acceptors (Lipinski definition) is 2. The Balaban J connectivity index is 1.63. The maximum Gasteiger partial charge on any atom is 0.0687 e. The van der Waals surface area contributed by atoms with E-state index in [4.69, 9.17) is 4.74 Å². The van der Waals surface area contributed by atoms with Crippen molar-refractivity contribution >= 4 is 0 Å². The lowest BCUT2D eigenvalue weighted by atomic mass is 9.83. The molecule has 2 aliphatic rings. The third-order valence-corrected chi connectivity index (χ3v) is 4.82. The molecule has 0 bridgehead atoms. The van der Waals surface area contributed by atoms with Crippen molar-refractivity contribution in [2.24, 2.45) is 0 Å². The average molecular weight is 253 g/mol. The summed E-state index contributed by atoms with van der Waals surface area (Å²) in [6.45, 7) is 5.56. The van der Waals surface area contributed by atoms with Crippen LogP contribution >= 0.6 is 0 Å². The zero-order chi connectivity index (χ0) is 12.8. The zero-order valence-electron chi connectivity index (χ0n) is 12.3. The van der Waals surface area contributed by atoms with E-state index < -0.39 is 0 Å². The van der Waals surface area contributed by atoms with Crippen molar-refractivity contribution in [2.45, 2.75) is 95.8 Å². The molecule has 2 unspecified atom stereocenters. The van der Waals surface area contributed by atoms with Gasteiger partial charge in [0.15, 0.2) is 0 Å². The topological polar surface area (TPSA) is 21.3 Å². The van der Waals surface area contributed by atoms with Crippen molar-refractivity contribution in [1.29, 1.82) is 0 Å². The molecule has 0 amide bonds. The predicted octanol–water partition coefficient (Wildman–Crippen LogP) is 4.04. The Bertz CT molecular complexity index is 235. The highest BCUT2D eigenvalue weighted by molar-refractivity contribution is 4.91. The Labute approximate surface area is 113 Å². The summed E-state index contributed by atoms with van der Waals surface area (Å²) in [7, 11) is 0. The van der Waals surface area contributed by atoms with Crippen LogP contribution in [0, 0.1) is 0 Å². The maximum atomic E-state index is 6.41. The summed E-state index contributed by atoms with van der Waals surface area (Å²) in [5, 5.41) is 3.49. The summed E-state index contributed by atoms with van der Waals surface area (Å²) in [5.74, 6) is 0. The molecule has 2 fully saturated rings. The highest BCUT2D eigenvalue weighted by Crippen LogP contribution is 2.42. The summed E-state index contributed by atoms with van der Waals surface area (Å²) in [6, 6.07) is 0.667. The minimum Gasteiger partial charge on any atom is -0.372 e. The second-order valence-corrected chi connectivity index (χ2v) is 6.41. The molecule has 1 saturated heterocycles. The van der Waals surface area contributed by atoms with Crippen molar-refractivity contribution < 1.29 is 4.74 Å². The molecule has 0 radical (unpaired) electrons. The zero-order valence-corrected chi connectivity index (χ0v) is 12.3. The van der Waals surface area contributed by atoms with Gasteiger partial charge in [0.2, 0.25) is 0 Å². The Morgan fingerprint density at radius 1 is 1.22 bits per heavy atom. The summed E-state index contributed by atoms with van der Waals surface area (Å²) >= 11 is 0. The van der Waals surface area contributed by atoms with Crippen LogP contribution in [-0.4, -0.2) is 24.3 Å². The van der Waals surface area contributed by atoms with E-state index in [1.807, 2.05) is 0 Å². The van der Waals surface area contributed by atoms with Crippen LogP contribution in [0.1, 0.15) is 78.1 Å².